The number of carboxylic acid groups (broad SMARTS) is 1. The second-order valence-electron chi connectivity index (χ2n) is 6.04. The average Bonchev–Trinajstić information content (AvgIpc) is 2.83. The molecule has 126 valence electrons. The molecule has 0 saturated carbocycles. The maximum atomic E-state index is 12.4. The molecule has 0 aliphatic heterocycles. The SMILES string of the molecule is O=C(O)CCc1ccc(NC(=O)c2noc3c2CCCCC3)cc1. The van der Waals surface area contributed by atoms with Crippen LogP contribution in [0.15, 0.2) is 28.8 Å². The van der Waals surface area contributed by atoms with Crippen molar-refractivity contribution in [1.82, 2.24) is 5.16 Å². The zero-order chi connectivity index (χ0) is 16.9. The van der Waals surface area contributed by atoms with Gasteiger partial charge in [0.1, 0.15) is 5.76 Å². The number of fused-ring (bicyclic) bond motifs is 1. The number of carboxylic acids is 1. The van der Waals surface area contributed by atoms with Crippen molar-refractivity contribution in [3.63, 3.8) is 0 Å². The summed E-state index contributed by atoms with van der Waals surface area (Å²) >= 11 is 0. The van der Waals surface area contributed by atoms with Gasteiger partial charge >= 0.3 is 5.97 Å². The molecule has 24 heavy (non-hydrogen) atoms. The van der Waals surface area contributed by atoms with Crippen LogP contribution < -0.4 is 5.32 Å². The van der Waals surface area contributed by atoms with E-state index in [1.165, 1.54) is 0 Å². The Balaban J connectivity index is 1.67. The monoisotopic (exact) mass is 328 g/mol. The number of amides is 1. The van der Waals surface area contributed by atoms with Crippen molar-refractivity contribution in [2.75, 3.05) is 5.32 Å². The third kappa shape index (κ3) is 3.82. The van der Waals surface area contributed by atoms with Gasteiger partial charge in [0.05, 0.1) is 0 Å². The van der Waals surface area contributed by atoms with Gasteiger partial charge in [0.15, 0.2) is 5.69 Å². The summed E-state index contributed by atoms with van der Waals surface area (Å²) in [6, 6.07) is 7.19. The summed E-state index contributed by atoms with van der Waals surface area (Å²) < 4.78 is 5.33. The Labute approximate surface area is 139 Å². The molecule has 0 bridgehead atoms. The van der Waals surface area contributed by atoms with E-state index in [2.05, 4.69) is 10.5 Å². The smallest absolute Gasteiger partial charge is 0.303 e. The number of carbonyl (C=O) groups is 2. The van der Waals surface area contributed by atoms with Gasteiger partial charge in [-0.25, -0.2) is 0 Å². The molecule has 1 heterocycles. The Bertz CT molecular complexity index is 734. The fraction of sp³-hybridized carbons (Fsp3) is 0.389. The van der Waals surface area contributed by atoms with Crippen molar-refractivity contribution in [3.05, 3.63) is 46.8 Å². The highest BCUT2D eigenvalue weighted by Gasteiger charge is 2.23. The predicted molar refractivity (Wildman–Crippen MR) is 88.1 cm³/mol. The first-order chi connectivity index (χ1) is 11.6. The van der Waals surface area contributed by atoms with E-state index >= 15 is 0 Å². The van der Waals surface area contributed by atoms with Crippen LogP contribution in [0.4, 0.5) is 5.69 Å². The number of nitrogens with zero attached hydrogens (tertiary/aromatic N) is 1. The molecule has 1 aromatic heterocycles. The predicted octanol–water partition coefficient (Wildman–Crippen LogP) is 3.21. The van der Waals surface area contributed by atoms with Crippen molar-refractivity contribution in [2.24, 2.45) is 0 Å². The van der Waals surface area contributed by atoms with Crippen molar-refractivity contribution < 1.29 is 19.2 Å². The number of aliphatic carboxylic acids is 1. The Hall–Kier alpha value is -2.63. The maximum absolute atomic E-state index is 12.4. The molecule has 6 heteroatoms. The number of carbonyl (C=O) groups excluding carboxylic acids is 1. The molecule has 1 aliphatic rings. The zero-order valence-electron chi connectivity index (χ0n) is 13.4. The quantitative estimate of drug-likeness (QED) is 0.822. The molecule has 0 radical (unpaired) electrons. The fourth-order valence-electron chi connectivity index (χ4n) is 2.94. The van der Waals surface area contributed by atoms with Gasteiger partial charge in [-0.3, -0.25) is 9.59 Å². The maximum Gasteiger partial charge on any atom is 0.303 e. The summed E-state index contributed by atoms with van der Waals surface area (Å²) in [6.45, 7) is 0. The van der Waals surface area contributed by atoms with Crippen LogP contribution >= 0.6 is 0 Å². The van der Waals surface area contributed by atoms with Gasteiger partial charge in [0.2, 0.25) is 0 Å². The van der Waals surface area contributed by atoms with Crippen LogP contribution in [0.5, 0.6) is 0 Å². The lowest BCUT2D eigenvalue weighted by Crippen LogP contribution is -2.14. The first-order valence-corrected chi connectivity index (χ1v) is 8.23. The number of hydrogen-bond donors (Lipinski definition) is 2. The summed E-state index contributed by atoms with van der Waals surface area (Å²) in [4.78, 5) is 23.0. The van der Waals surface area contributed by atoms with E-state index in [-0.39, 0.29) is 12.3 Å². The van der Waals surface area contributed by atoms with Crippen LogP contribution in [-0.2, 0) is 24.1 Å². The Morgan fingerprint density at radius 1 is 1.12 bits per heavy atom. The van der Waals surface area contributed by atoms with Gasteiger partial charge in [-0.05, 0) is 43.4 Å². The lowest BCUT2D eigenvalue weighted by atomic mass is 10.1. The summed E-state index contributed by atoms with van der Waals surface area (Å²) in [6.07, 6.45) is 5.50. The standard InChI is InChI=1S/C18H20N2O4/c21-16(22)11-8-12-6-9-13(10-7-12)19-18(23)17-14-4-2-1-3-5-15(14)24-20-17/h6-7,9-10H,1-5,8,11H2,(H,19,23)(H,21,22). The minimum atomic E-state index is -0.820. The van der Waals surface area contributed by atoms with Crippen LogP contribution in [-0.4, -0.2) is 22.1 Å². The van der Waals surface area contributed by atoms with Gasteiger partial charge in [-0.1, -0.05) is 23.7 Å². The number of aromatic nitrogens is 1. The molecule has 2 aromatic rings. The molecule has 0 spiro atoms. The van der Waals surface area contributed by atoms with Crippen LogP contribution in [0.3, 0.4) is 0 Å². The average molecular weight is 328 g/mol. The number of benzene rings is 1. The lowest BCUT2D eigenvalue weighted by Gasteiger charge is -2.06. The van der Waals surface area contributed by atoms with Crippen molar-refractivity contribution in [2.45, 2.75) is 44.9 Å². The minimum absolute atomic E-state index is 0.0940. The van der Waals surface area contributed by atoms with Crippen LogP contribution in [0, 0.1) is 0 Å². The zero-order valence-corrected chi connectivity index (χ0v) is 13.4. The number of nitrogens with one attached hydrogen (secondary N) is 1. The van der Waals surface area contributed by atoms with Gasteiger partial charge in [-0.2, -0.15) is 0 Å². The Kier molecular flexibility index (Phi) is 4.93. The number of anilines is 1. The molecule has 6 nitrogen and oxygen atoms in total. The van der Waals surface area contributed by atoms with E-state index in [1.54, 1.807) is 12.1 Å². The first kappa shape index (κ1) is 16.2. The molecular weight excluding hydrogens is 308 g/mol. The molecule has 3 rings (SSSR count). The van der Waals surface area contributed by atoms with Crippen LogP contribution in [0.25, 0.3) is 0 Å². The highest BCUT2D eigenvalue weighted by atomic mass is 16.5. The molecule has 0 fully saturated rings. The number of rotatable bonds is 5. The van der Waals surface area contributed by atoms with Crippen LogP contribution in [0.2, 0.25) is 0 Å². The van der Waals surface area contributed by atoms with E-state index in [1.807, 2.05) is 12.1 Å². The van der Waals surface area contributed by atoms with E-state index in [0.29, 0.717) is 17.8 Å². The summed E-state index contributed by atoms with van der Waals surface area (Å²) in [5, 5.41) is 15.5. The van der Waals surface area contributed by atoms with Gasteiger partial charge in [0.25, 0.3) is 5.91 Å². The summed E-state index contributed by atoms with van der Waals surface area (Å²) in [5.74, 6) is -0.249. The van der Waals surface area contributed by atoms with E-state index in [4.69, 9.17) is 9.63 Å². The fourth-order valence-corrected chi connectivity index (χ4v) is 2.94. The largest absolute Gasteiger partial charge is 0.481 e. The Morgan fingerprint density at radius 3 is 2.62 bits per heavy atom. The molecule has 0 saturated heterocycles. The molecular formula is C18H20N2O4. The van der Waals surface area contributed by atoms with Crippen molar-refractivity contribution in [1.29, 1.82) is 0 Å². The second kappa shape index (κ2) is 7.29. The van der Waals surface area contributed by atoms with Gasteiger partial charge in [0, 0.05) is 24.1 Å². The normalized spacial score (nSPS) is 13.8. The summed E-state index contributed by atoms with van der Waals surface area (Å²) in [5.41, 5.74) is 2.89. The molecule has 1 aromatic carbocycles. The highest BCUT2D eigenvalue weighted by molar-refractivity contribution is 6.03. The third-order valence-corrected chi connectivity index (χ3v) is 4.25. The van der Waals surface area contributed by atoms with Crippen LogP contribution in [0.1, 0.15) is 53.1 Å². The van der Waals surface area contributed by atoms with E-state index < -0.39 is 5.97 Å². The van der Waals surface area contributed by atoms with Crippen molar-refractivity contribution in [3.8, 4) is 0 Å². The van der Waals surface area contributed by atoms with Gasteiger partial charge in [-0.15, -0.1) is 0 Å². The topological polar surface area (TPSA) is 92.4 Å². The molecule has 0 unspecified atom stereocenters. The number of aryl methyl sites for hydroxylation is 2. The van der Waals surface area contributed by atoms with E-state index in [9.17, 15) is 9.59 Å². The highest BCUT2D eigenvalue weighted by Crippen LogP contribution is 2.24. The first-order valence-electron chi connectivity index (χ1n) is 8.23. The second-order valence-corrected chi connectivity index (χ2v) is 6.04. The van der Waals surface area contributed by atoms with Gasteiger partial charge < -0.3 is 14.9 Å². The molecule has 1 aliphatic carbocycles. The molecule has 2 N–H and O–H groups in total. The Morgan fingerprint density at radius 2 is 1.88 bits per heavy atom. The number of hydrogen-bond acceptors (Lipinski definition) is 4. The lowest BCUT2D eigenvalue weighted by molar-refractivity contribution is -0.136. The van der Waals surface area contributed by atoms with Crippen molar-refractivity contribution >= 4 is 17.6 Å². The molecule has 1 amide bonds. The molecule has 0 atom stereocenters. The minimum Gasteiger partial charge on any atom is -0.481 e. The van der Waals surface area contributed by atoms with E-state index in [0.717, 1.165) is 49.0 Å². The third-order valence-electron chi connectivity index (χ3n) is 4.25. The summed E-state index contributed by atoms with van der Waals surface area (Å²) in [7, 11) is 0.